The van der Waals surface area contributed by atoms with Crippen molar-refractivity contribution in [3.05, 3.63) is 34.9 Å². The largest absolute Gasteiger partial charge is 0.310 e. The highest BCUT2D eigenvalue weighted by molar-refractivity contribution is 5.33. The molecule has 14 heavy (non-hydrogen) atoms. The molecule has 0 bridgehead atoms. The van der Waals surface area contributed by atoms with Crippen LogP contribution in [0.3, 0.4) is 0 Å². The lowest BCUT2D eigenvalue weighted by Gasteiger charge is -2.35. The molecule has 0 amide bonds. The Morgan fingerprint density at radius 1 is 1.29 bits per heavy atom. The fraction of sp³-hybridized carbons (Fsp3) is 0.400. The first-order valence-corrected chi connectivity index (χ1v) is 4.39. The Labute approximate surface area is 79.9 Å². The van der Waals surface area contributed by atoms with Gasteiger partial charge in [-0.05, 0) is 18.6 Å². The van der Waals surface area contributed by atoms with Gasteiger partial charge in [-0.15, -0.1) is 0 Å². The van der Waals surface area contributed by atoms with Crippen molar-refractivity contribution in [2.45, 2.75) is 12.6 Å². The molecular weight excluding hydrogens is 191 g/mol. The number of benzene rings is 1. The summed E-state index contributed by atoms with van der Waals surface area (Å²) in [7, 11) is 0. The number of halogens is 3. The Balaban J connectivity index is 2.56. The van der Waals surface area contributed by atoms with E-state index in [9.17, 15) is 13.2 Å². The number of hydrogen-bond acceptors (Lipinski definition) is 1. The zero-order chi connectivity index (χ0) is 10.3. The fourth-order valence-electron chi connectivity index (χ4n) is 1.59. The van der Waals surface area contributed by atoms with Crippen molar-refractivity contribution in [3.63, 3.8) is 0 Å². The SMILES string of the molecule is Cc1ccc(F)c(C2(F)CNC2)c1F. The van der Waals surface area contributed by atoms with Crippen molar-refractivity contribution in [3.8, 4) is 0 Å². The first-order chi connectivity index (χ1) is 6.54. The van der Waals surface area contributed by atoms with E-state index in [-0.39, 0.29) is 18.7 Å². The molecule has 0 radical (unpaired) electrons. The first kappa shape index (κ1) is 9.52. The average molecular weight is 201 g/mol. The van der Waals surface area contributed by atoms with Gasteiger partial charge in [0.1, 0.15) is 11.6 Å². The van der Waals surface area contributed by atoms with Crippen molar-refractivity contribution in [2.24, 2.45) is 0 Å². The summed E-state index contributed by atoms with van der Waals surface area (Å²) in [6.45, 7) is 1.45. The summed E-state index contributed by atoms with van der Waals surface area (Å²) in [4.78, 5) is 0. The summed E-state index contributed by atoms with van der Waals surface area (Å²) in [6, 6.07) is 2.41. The summed E-state index contributed by atoms with van der Waals surface area (Å²) >= 11 is 0. The van der Waals surface area contributed by atoms with Gasteiger partial charge in [0.05, 0.1) is 5.56 Å². The van der Waals surface area contributed by atoms with Gasteiger partial charge in [0, 0.05) is 13.1 Å². The Morgan fingerprint density at radius 2 is 1.93 bits per heavy atom. The van der Waals surface area contributed by atoms with Crippen LogP contribution in [-0.4, -0.2) is 13.1 Å². The third-order valence-electron chi connectivity index (χ3n) is 2.54. The second-order valence-corrected chi connectivity index (χ2v) is 3.62. The number of nitrogens with one attached hydrogen (secondary N) is 1. The molecule has 0 aromatic heterocycles. The summed E-state index contributed by atoms with van der Waals surface area (Å²) in [5, 5.41) is 2.67. The quantitative estimate of drug-likeness (QED) is 0.733. The molecule has 2 rings (SSSR count). The smallest absolute Gasteiger partial charge is 0.166 e. The number of rotatable bonds is 1. The van der Waals surface area contributed by atoms with Crippen LogP contribution in [0.2, 0.25) is 0 Å². The van der Waals surface area contributed by atoms with Crippen LogP contribution in [0.15, 0.2) is 12.1 Å². The van der Waals surface area contributed by atoms with E-state index in [1.807, 2.05) is 0 Å². The van der Waals surface area contributed by atoms with E-state index < -0.39 is 22.9 Å². The molecule has 0 spiro atoms. The molecule has 1 nitrogen and oxygen atoms in total. The van der Waals surface area contributed by atoms with E-state index in [0.717, 1.165) is 6.07 Å². The van der Waals surface area contributed by atoms with Crippen LogP contribution in [0, 0.1) is 18.6 Å². The third kappa shape index (κ3) is 1.21. The summed E-state index contributed by atoms with van der Waals surface area (Å²) in [5.41, 5.74) is -2.04. The maximum absolute atomic E-state index is 13.8. The van der Waals surface area contributed by atoms with Crippen LogP contribution in [0.5, 0.6) is 0 Å². The van der Waals surface area contributed by atoms with E-state index in [1.165, 1.54) is 13.0 Å². The van der Waals surface area contributed by atoms with E-state index in [1.54, 1.807) is 0 Å². The zero-order valence-electron chi connectivity index (χ0n) is 7.70. The molecule has 0 atom stereocenters. The number of alkyl halides is 1. The van der Waals surface area contributed by atoms with E-state index in [2.05, 4.69) is 5.32 Å². The highest BCUT2D eigenvalue weighted by Crippen LogP contribution is 2.34. The second-order valence-electron chi connectivity index (χ2n) is 3.62. The Hall–Kier alpha value is -1.03. The van der Waals surface area contributed by atoms with Gasteiger partial charge in [0.15, 0.2) is 5.67 Å². The van der Waals surface area contributed by atoms with E-state index in [4.69, 9.17) is 0 Å². The van der Waals surface area contributed by atoms with E-state index >= 15 is 0 Å². The monoisotopic (exact) mass is 201 g/mol. The van der Waals surface area contributed by atoms with Crippen LogP contribution in [0.1, 0.15) is 11.1 Å². The average Bonchev–Trinajstić information content (AvgIpc) is 2.09. The van der Waals surface area contributed by atoms with Gasteiger partial charge in [0.2, 0.25) is 0 Å². The summed E-state index contributed by atoms with van der Waals surface area (Å²) < 4.78 is 40.5. The number of aryl methyl sites for hydroxylation is 1. The maximum atomic E-state index is 13.8. The predicted octanol–water partition coefficient (Wildman–Crippen LogP) is 2.04. The van der Waals surface area contributed by atoms with Gasteiger partial charge in [-0.25, -0.2) is 13.2 Å². The van der Waals surface area contributed by atoms with Crippen LogP contribution >= 0.6 is 0 Å². The summed E-state index contributed by atoms with van der Waals surface area (Å²) in [5.74, 6) is -1.58. The highest BCUT2D eigenvalue weighted by atomic mass is 19.2. The zero-order valence-corrected chi connectivity index (χ0v) is 7.70. The number of hydrogen-bond donors (Lipinski definition) is 1. The second kappa shape index (κ2) is 2.98. The molecule has 1 heterocycles. The highest BCUT2D eigenvalue weighted by Gasteiger charge is 2.43. The Kier molecular flexibility index (Phi) is 2.03. The van der Waals surface area contributed by atoms with Crippen molar-refractivity contribution in [2.75, 3.05) is 13.1 Å². The molecule has 1 aliphatic heterocycles. The van der Waals surface area contributed by atoms with Gasteiger partial charge >= 0.3 is 0 Å². The van der Waals surface area contributed by atoms with Crippen LogP contribution < -0.4 is 5.32 Å². The molecule has 0 aliphatic carbocycles. The molecule has 76 valence electrons. The molecule has 1 aromatic rings. The third-order valence-corrected chi connectivity index (χ3v) is 2.54. The molecule has 0 unspecified atom stereocenters. The fourth-order valence-corrected chi connectivity index (χ4v) is 1.59. The van der Waals surface area contributed by atoms with Gasteiger partial charge in [0.25, 0.3) is 0 Å². The first-order valence-electron chi connectivity index (χ1n) is 4.39. The summed E-state index contributed by atoms with van der Waals surface area (Å²) in [6.07, 6.45) is 0. The lowest BCUT2D eigenvalue weighted by molar-refractivity contribution is 0.0798. The van der Waals surface area contributed by atoms with Crippen LogP contribution in [-0.2, 0) is 5.67 Å². The molecule has 0 saturated carbocycles. The van der Waals surface area contributed by atoms with Gasteiger partial charge in [-0.2, -0.15) is 0 Å². The van der Waals surface area contributed by atoms with Crippen LogP contribution in [0.4, 0.5) is 13.2 Å². The minimum atomic E-state index is -1.87. The van der Waals surface area contributed by atoms with Crippen molar-refractivity contribution in [1.29, 1.82) is 0 Å². The maximum Gasteiger partial charge on any atom is 0.166 e. The van der Waals surface area contributed by atoms with Crippen molar-refractivity contribution < 1.29 is 13.2 Å². The van der Waals surface area contributed by atoms with Crippen molar-refractivity contribution >= 4 is 0 Å². The molecular formula is C10H10F3N. The predicted molar refractivity (Wildman–Crippen MR) is 46.8 cm³/mol. The van der Waals surface area contributed by atoms with Crippen molar-refractivity contribution in [1.82, 2.24) is 5.32 Å². The lowest BCUT2D eigenvalue weighted by Crippen LogP contribution is -2.54. The molecule has 1 saturated heterocycles. The Bertz CT molecular complexity index is 372. The molecule has 4 heteroatoms. The minimum Gasteiger partial charge on any atom is -0.310 e. The normalized spacial score (nSPS) is 19.1. The molecule has 1 fully saturated rings. The van der Waals surface area contributed by atoms with Gasteiger partial charge in [-0.1, -0.05) is 6.07 Å². The van der Waals surface area contributed by atoms with E-state index in [0.29, 0.717) is 0 Å². The van der Waals surface area contributed by atoms with Gasteiger partial charge in [-0.3, -0.25) is 0 Å². The van der Waals surface area contributed by atoms with Crippen LogP contribution in [0.25, 0.3) is 0 Å². The molecule has 1 aliphatic rings. The van der Waals surface area contributed by atoms with Gasteiger partial charge < -0.3 is 5.32 Å². The Morgan fingerprint density at radius 3 is 2.43 bits per heavy atom. The lowest BCUT2D eigenvalue weighted by atomic mass is 9.88. The topological polar surface area (TPSA) is 12.0 Å². The minimum absolute atomic E-state index is 0.0235. The molecule has 1 N–H and O–H groups in total. The standard InChI is InChI=1S/C10H10F3N/c1-6-2-3-7(11)8(9(6)12)10(13)4-14-5-10/h2-3,14H,4-5H2,1H3. The molecule has 1 aromatic carbocycles.